The van der Waals surface area contributed by atoms with E-state index >= 15 is 0 Å². The molecule has 0 aromatic heterocycles. The van der Waals surface area contributed by atoms with Crippen molar-refractivity contribution in [1.29, 1.82) is 0 Å². The Morgan fingerprint density at radius 2 is 2.00 bits per heavy atom. The number of benzene rings is 2. The lowest BCUT2D eigenvalue weighted by molar-refractivity contribution is -0.384. The molecule has 108 valence electrons. The molecular formula is C14H11ClN2O4. The van der Waals surface area contributed by atoms with E-state index in [-0.39, 0.29) is 28.4 Å². The zero-order valence-electron chi connectivity index (χ0n) is 10.9. The predicted octanol–water partition coefficient (Wildman–Crippen LogP) is 3.72. The maximum absolute atomic E-state index is 10.8. The van der Waals surface area contributed by atoms with E-state index in [1.165, 1.54) is 36.5 Å². The molecule has 7 heteroatoms. The molecule has 0 heterocycles. The van der Waals surface area contributed by atoms with Crippen molar-refractivity contribution < 1.29 is 15.1 Å². The average molecular weight is 307 g/mol. The van der Waals surface area contributed by atoms with Crippen molar-refractivity contribution in [2.45, 2.75) is 6.92 Å². The quantitative estimate of drug-likeness (QED) is 0.513. The zero-order valence-corrected chi connectivity index (χ0v) is 11.7. The summed E-state index contributed by atoms with van der Waals surface area (Å²) in [6.45, 7) is 1.55. The van der Waals surface area contributed by atoms with Crippen molar-refractivity contribution in [3.8, 4) is 11.5 Å². The Labute approximate surface area is 125 Å². The van der Waals surface area contributed by atoms with Gasteiger partial charge >= 0.3 is 0 Å². The monoisotopic (exact) mass is 306 g/mol. The molecule has 0 spiro atoms. The molecule has 6 nitrogen and oxygen atoms in total. The summed E-state index contributed by atoms with van der Waals surface area (Å²) in [5.74, 6) is -0.192. The van der Waals surface area contributed by atoms with Gasteiger partial charge in [0.2, 0.25) is 0 Å². The fraction of sp³-hybridized carbons (Fsp3) is 0.0714. The van der Waals surface area contributed by atoms with Crippen LogP contribution in [-0.4, -0.2) is 21.4 Å². The largest absolute Gasteiger partial charge is 0.507 e. The molecule has 0 saturated carbocycles. The van der Waals surface area contributed by atoms with Crippen molar-refractivity contribution in [3.05, 3.63) is 56.6 Å². The summed E-state index contributed by atoms with van der Waals surface area (Å²) < 4.78 is 0. The highest BCUT2D eigenvalue weighted by Crippen LogP contribution is 2.31. The Kier molecular flexibility index (Phi) is 4.09. The molecule has 0 atom stereocenters. The van der Waals surface area contributed by atoms with Gasteiger partial charge in [0.05, 0.1) is 4.92 Å². The van der Waals surface area contributed by atoms with E-state index in [4.69, 9.17) is 11.6 Å². The van der Waals surface area contributed by atoms with E-state index < -0.39 is 4.92 Å². The first kappa shape index (κ1) is 14.8. The van der Waals surface area contributed by atoms with Gasteiger partial charge in [0, 0.05) is 28.9 Å². The van der Waals surface area contributed by atoms with Crippen molar-refractivity contribution in [2.24, 2.45) is 4.99 Å². The number of hydrogen-bond acceptors (Lipinski definition) is 5. The Balaban J connectivity index is 2.45. The number of hydrogen-bond donors (Lipinski definition) is 2. The van der Waals surface area contributed by atoms with Crippen LogP contribution in [0.4, 0.5) is 11.4 Å². The highest BCUT2D eigenvalue weighted by molar-refractivity contribution is 6.30. The van der Waals surface area contributed by atoms with Crippen LogP contribution in [0.1, 0.15) is 11.1 Å². The number of halogens is 1. The normalized spacial score (nSPS) is 11.0. The van der Waals surface area contributed by atoms with Crippen molar-refractivity contribution in [2.75, 3.05) is 0 Å². The summed E-state index contributed by atoms with van der Waals surface area (Å²) in [5.41, 5.74) is 0.593. The fourth-order valence-electron chi connectivity index (χ4n) is 1.73. The van der Waals surface area contributed by atoms with Gasteiger partial charge in [-0.2, -0.15) is 0 Å². The summed E-state index contributed by atoms with van der Waals surface area (Å²) >= 11 is 5.80. The molecule has 0 amide bonds. The third-order valence-electron chi connectivity index (χ3n) is 2.81. The highest BCUT2D eigenvalue weighted by Gasteiger charge is 2.12. The van der Waals surface area contributed by atoms with Gasteiger partial charge in [-0.25, -0.2) is 0 Å². The minimum Gasteiger partial charge on any atom is -0.507 e. The van der Waals surface area contributed by atoms with Crippen LogP contribution in [-0.2, 0) is 0 Å². The van der Waals surface area contributed by atoms with E-state index in [0.29, 0.717) is 10.6 Å². The lowest BCUT2D eigenvalue weighted by atomic mass is 10.1. The maximum Gasteiger partial charge on any atom is 0.270 e. The standard InChI is InChI=1S/C14H11ClN2O4/c1-8-4-11(17(20)21)5-9(14(8)19)7-16-12-6-10(15)2-3-13(12)18/h2-7,18-19H,1H3. The Bertz CT molecular complexity index is 744. The number of nitrogens with zero attached hydrogens (tertiary/aromatic N) is 2. The molecule has 2 N–H and O–H groups in total. The number of rotatable bonds is 3. The number of nitro benzene ring substituents is 1. The molecule has 0 radical (unpaired) electrons. The van der Waals surface area contributed by atoms with Gasteiger partial charge in [-0.1, -0.05) is 11.6 Å². The van der Waals surface area contributed by atoms with Gasteiger partial charge in [0.25, 0.3) is 5.69 Å². The van der Waals surface area contributed by atoms with Crippen molar-refractivity contribution >= 4 is 29.2 Å². The molecule has 0 saturated heterocycles. The SMILES string of the molecule is Cc1cc([N+](=O)[O-])cc(C=Nc2cc(Cl)ccc2O)c1O. The van der Waals surface area contributed by atoms with Crippen LogP contribution in [0, 0.1) is 17.0 Å². The van der Waals surface area contributed by atoms with Crippen LogP contribution < -0.4 is 0 Å². The lowest BCUT2D eigenvalue weighted by Gasteiger charge is -2.04. The number of aromatic hydroxyl groups is 2. The lowest BCUT2D eigenvalue weighted by Crippen LogP contribution is -1.93. The van der Waals surface area contributed by atoms with Crippen molar-refractivity contribution in [3.63, 3.8) is 0 Å². The molecule has 2 aromatic rings. The van der Waals surface area contributed by atoms with E-state index in [1.54, 1.807) is 6.92 Å². The molecule has 0 unspecified atom stereocenters. The fourth-order valence-corrected chi connectivity index (χ4v) is 1.90. The van der Waals surface area contributed by atoms with Crippen LogP contribution in [0.25, 0.3) is 0 Å². The number of phenolic OH excluding ortho intramolecular Hbond substituents is 2. The Hall–Kier alpha value is -2.60. The summed E-state index contributed by atoms with van der Waals surface area (Å²) in [7, 11) is 0. The van der Waals surface area contributed by atoms with Gasteiger partial charge in [-0.15, -0.1) is 0 Å². The number of aryl methyl sites for hydroxylation is 1. The molecule has 2 aromatic carbocycles. The first-order valence-corrected chi connectivity index (χ1v) is 6.27. The second kappa shape index (κ2) is 5.80. The van der Waals surface area contributed by atoms with Crippen LogP contribution in [0.5, 0.6) is 11.5 Å². The van der Waals surface area contributed by atoms with E-state index in [1.807, 2.05) is 0 Å². The number of nitro groups is 1. The van der Waals surface area contributed by atoms with Gasteiger partial charge in [0.15, 0.2) is 0 Å². The predicted molar refractivity (Wildman–Crippen MR) is 79.9 cm³/mol. The molecule has 0 aliphatic rings. The third kappa shape index (κ3) is 3.29. The van der Waals surface area contributed by atoms with E-state index in [2.05, 4.69) is 4.99 Å². The van der Waals surface area contributed by atoms with E-state index in [0.717, 1.165) is 0 Å². The number of non-ortho nitro benzene ring substituents is 1. The third-order valence-corrected chi connectivity index (χ3v) is 3.04. The first-order chi connectivity index (χ1) is 9.88. The van der Waals surface area contributed by atoms with Crippen LogP contribution >= 0.6 is 11.6 Å². The molecule has 21 heavy (non-hydrogen) atoms. The number of aliphatic imine (C=N–C) groups is 1. The van der Waals surface area contributed by atoms with Crippen LogP contribution in [0.15, 0.2) is 35.3 Å². The second-order valence-electron chi connectivity index (χ2n) is 4.35. The molecule has 0 aliphatic carbocycles. The van der Waals surface area contributed by atoms with Crippen molar-refractivity contribution in [1.82, 2.24) is 0 Å². The van der Waals surface area contributed by atoms with Crippen LogP contribution in [0.2, 0.25) is 5.02 Å². The number of phenols is 2. The first-order valence-electron chi connectivity index (χ1n) is 5.89. The zero-order chi connectivity index (χ0) is 15.6. The average Bonchev–Trinajstić information content (AvgIpc) is 2.43. The molecule has 0 bridgehead atoms. The van der Waals surface area contributed by atoms with Gasteiger partial charge < -0.3 is 10.2 Å². The van der Waals surface area contributed by atoms with Crippen LogP contribution in [0.3, 0.4) is 0 Å². The summed E-state index contributed by atoms with van der Waals surface area (Å²) in [5, 5.41) is 30.7. The minimum atomic E-state index is -0.555. The molecule has 2 rings (SSSR count). The summed E-state index contributed by atoms with van der Waals surface area (Å²) in [4.78, 5) is 14.3. The summed E-state index contributed by atoms with van der Waals surface area (Å²) in [6.07, 6.45) is 1.24. The smallest absolute Gasteiger partial charge is 0.270 e. The maximum atomic E-state index is 10.8. The van der Waals surface area contributed by atoms with Gasteiger partial charge in [-0.05, 0) is 30.7 Å². The molecule has 0 fully saturated rings. The molecule has 0 aliphatic heterocycles. The highest BCUT2D eigenvalue weighted by atomic mass is 35.5. The minimum absolute atomic E-state index is 0.0858. The van der Waals surface area contributed by atoms with E-state index in [9.17, 15) is 20.3 Å². The summed E-state index contributed by atoms with van der Waals surface area (Å²) in [6, 6.07) is 6.80. The second-order valence-corrected chi connectivity index (χ2v) is 4.79. The Morgan fingerprint density at radius 1 is 1.29 bits per heavy atom. The Morgan fingerprint density at radius 3 is 2.67 bits per heavy atom. The topological polar surface area (TPSA) is 96.0 Å². The van der Waals surface area contributed by atoms with Gasteiger partial charge in [0.1, 0.15) is 17.2 Å². The van der Waals surface area contributed by atoms with Gasteiger partial charge in [-0.3, -0.25) is 15.1 Å². The molecular weight excluding hydrogens is 296 g/mol.